The number of nitrogens with zero attached hydrogens (tertiary/aromatic N) is 4. The lowest BCUT2D eigenvalue weighted by Gasteiger charge is -2.37. The number of carboxylic acid groups (broad SMARTS) is 1. The van der Waals surface area contributed by atoms with Crippen molar-refractivity contribution in [2.24, 2.45) is 5.92 Å². The Bertz CT molecular complexity index is 504. The molecular weight excluding hydrogens is 240 g/mol. The van der Waals surface area contributed by atoms with E-state index in [2.05, 4.69) is 4.98 Å². The van der Waals surface area contributed by atoms with Crippen molar-refractivity contribution in [1.82, 2.24) is 9.55 Å². The first-order valence-electron chi connectivity index (χ1n) is 5.65. The Morgan fingerprint density at radius 1 is 1.61 bits per heavy atom. The molecule has 2 heterocycles. The van der Waals surface area contributed by atoms with Crippen LogP contribution in [-0.2, 0) is 11.3 Å². The molecule has 1 saturated heterocycles. The third-order valence-electron chi connectivity index (χ3n) is 3.13. The number of anilines is 1. The highest BCUT2D eigenvalue weighted by Gasteiger charge is 2.39. The summed E-state index contributed by atoms with van der Waals surface area (Å²) >= 11 is 0. The lowest BCUT2D eigenvalue weighted by molar-refractivity contribution is -0.388. The van der Waals surface area contributed by atoms with Crippen molar-refractivity contribution in [3.05, 3.63) is 15.9 Å². The van der Waals surface area contributed by atoms with E-state index in [0.29, 0.717) is 31.3 Å². The summed E-state index contributed by atoms with van der Waals surface area (Å²) in [5.41, 5.74) is 0. The average Bonchev–Trinajstić information content (AvgIpc) is 2.53. The molecule has 18 heavy (non-hydrogen) atoms. The van der Waals surface area contributed by atoms with Crippen LogP contribution >= 0.6 is 0 Å². The highest BCUT2D eigenvalue weighted by Crippen LogP contribution is 2.33. The lowest BCUT2D eigenvalue weighted by atomic mass is 10.0. The Balaban J connectivity index is 2.32. The van der Waals surface area contributed by atoms with Crippen LogP contribution in [0.5, 0.6) is 0 Å². The number of aryl methyl sites for hydroxylation is 1. The van der Waals surface area contributed by atoms with Gasteiger partial charge in [0, 0.05) is 26.6 Å². The molecule has 0 atom stereocenters. The molecule has 0 amide bonds. The van der Waals surface area contributed by atoms with Gasteiger partial charge < -0.3 is 20.1 Å². The maximum absolute atomic E-state index is 10.9. The van der Waals surface area contributed by atoms with E-state index in [0.717, 1.165) is 0 Å². The minimum atomic E-state index is -0.867. The molecule has 0 unspecified atom stereocenters. The number of nitro groups is 1. The Hall–Kier alpha value is -2.12. The molecule has 0 aliphatic carbocycles. The standard InChI is InChI=1S/C10H14N4O4/c1-3-13-6(2)11-8(14(17)18)9(13)12-4-7(5-12)10(15)16/h7H,3-5H2,1-2H3,(H,15,16). The van der Waals surface area contributed by atoms with Crippen LogP contribution in [0.4, 0.5) is 11.6 Å². The molecule has 8 nitrogen and oxygen atoms in total. The number of carbonyl (C=O) groups is 1. The molecule has 0 radical (unpaired) electrons. The Morgan fingerprint density at radius 3 is 2.67 bits per heavy atom. The third kappa shape index (κ3) is 1.79. The van der Waals surface area contributed by atoms with Gasteiger partial charge in [-0.1, -0.05) is 0 Å². The van der Waals surface area contributed by atoms with E-state index in [-0.39, 0.29) is 5.82 Å². The third-order valence-corrected chi connectivity index (χ3v) is 3.13. The van der Waals surface area contributed by atoms with Crippen LogP contribution in [0.3, 0.4) is 0 Å². The number of carboxylic acids is 1. The highest BCUT2D eigenvalue weighted by atomic mass is 16.6. The monoisotopic (exact) mass is 254 g/mol. The van der Waals surface area contributed by atoms with E-state index in [9.17, 15) is 14.9 Å². The van der Waals surface area contributed by atoms with E-state index in [4.69, 9.17) is 5.11 Å². The molecule has 1 aromatic rings. The zero-order valence-corrected chi connectivity index (χ0v) is 10.2. The maximum atomic E-state index is 10.9. The summed E-state index contributed by atoms with van der Waals surface area (Å²) in [6.45, 7) is 4.73. The maximum Gasteiger partial charge on any atom is 0.406 e. The summed E-state index contributed by atoms with van der Waals surface area (Å²) in [5.74, 6) is -0.535. The van der Waals surface area contributed by atoms with Crippen molar-refractivity contribution in [3.63, 3.8) is 0 Å². The minimum absolute atomic E-state index is 0.196. The number of aliphatic carboxylic acids is 1. The molecule has 1 aliphatic rings. The van der Waals surface area contributed by atoms with E-state index in [1.165, 1.54) is 0 Å². The van der Waals surface area contributed by atoms with Gasteiger partial charge in [0.05, 0.1) is 5.92 Å². The van der Waals surface area contributed by atoms with Gasteiger partial charge in [-0.2, -0.15) is 0 Å². The quantitative estimate of drug-likeness (QED) is 0.625. The predicted molar refractivity (Wildman–Crippen MR) is 62.6 cm³/mol. The van der Waals surface area contributed by atoms with Crippen molar-refractivity contribution in [3.8, 4) is 0 Å². The van der Waals surface area contributed by atoms with Gasteiger partial charge in [0.15, 0.2) is 0 Å². The fourth-order valence-electron chi connectivity index (χ4n) is 2.16. The molecule has 2 rings (SSSR count). The number of imidazole rings is 1. The first-order valence-corrected chi connectivity index (χ1v) is 5.65. The molecule has 1 aliphatic heterocycles. The zero-order valence-electron chi connectivity index (χ0n) is 10.2. The molecule has 0 aromatic carbocycles. The summed E-state index contributed by atoms with van der Waals surface area (Å²) < 4.78 is 1.73. The van der Waals surface area contributed by atoms with E-state index in [1.807, 2.05) is 6.92 Å². The first kappa shape index (κ1) is 12.3. The summed E-state index contributed by atoms with van der Waals surface area (Å²) in [4.78, 5) is 26.8. The van der Waals surface area contributed by atoms with Crippen LogP contribution in [0.2, 0.25) is 0 Å². The molecular formula is C10H14N4O4. The van der Waals surface area contributed by atoms with Crippen molar-refractivity contribution in [1.29, 1.82) is 0 Å². The molecule has 1 aromatic heterocycles. The van der Waals surface area contributed by atoms with Crippen molar-refractivity contribution in [2.75, 3.05) is 18.0 Å². The predicted octanol–water partition coefficient (Wildman–Crippen LogP) is 0.640. The number of rotatable bonds is 4. The fraction of sp³-hybridized carbons (Fsp3) is 0.600. The summed E-state index contributed by atoms with van der Waals surface area (Å²) in [6.07, 6.45) is 0. The van der Waals surface area contributed by atoms with Gasteiger partial charge in [0.2, 0.25) is 11.6 Å². The van der Waals surface area contributed by atoms with Crippen LogP contribution in [0.25, 0.3) is 0 Å². The summed E-state index contributed by atoms with van der Waals surface area (Å²) in [6, 6.07) is 0. The first-order chi connectivity index (χ1) is 8.45. The SMILES string of the molecule is CCn1c(C)nc([N+](=O)[O-])c1N1CC(C(=O)O)C1. The summed E-state index contributed by atoms with van der Waals surface area (Å²) in [7, 11) is 0. The number of hydrogen-bond acceptors (Lipinski definition) is 5. The van der Waals surface area contributed by atoms with Crippen molar-refractivity contribution < 1.29 is 14.8 Å². The summed E-state index contributed by atoms with van der Waals surface area (Å²) in [5, 5.41) is 19.8. The highest BCUT2D eigenvalue weighted by molar-refractivity contribution is 5.75. The molecule has 1 fully saturated rings. The second kappa shape index (κ2) is 4.28. The lowest BCUT2D eigenvalue weighted by Crippen LogP contribution is -2.51. The number of hydrogen-bond donors (Lipinski definition) is 1. The largest absolute Gasteiger partial charge is 0.481 e. The van der Waals surface area contributed by atoms with Crippen molar-refractivity contribution >= 4 is 17.6 Å². The topological polar surface area (TPSA) is 101 Å². The molecule has 0 saturated carbocycles. The van der Waals surface area contributed by atoms with Gasteiger partial charge in [-0.05, 0) is 16.8 Å². The van der Waals surface area contributed by atoms with Gasteiger partial charge in [0.1, 0.15) is 0 Å². The van der Waals surface area contributed by atoms with Gasteiger partial charge in [-0.15, -0.1) is 0 Å². The normalized spacial score (nSPS) is 15.6. The second-order valence-electron chi connectivity index (χ2n) is 4.25. The number of aromatic nitrogens is 2. The van der Waals surface area contributed by atoms with Gasteiger partial charge in [-0.25, -0.2) is 0 Å². The zero-order chi connectivity index (χ0) is 13.4. The Morgan fingerprint density at radius 2 is 2.22 bits per heavy atom. The smallest absolute Gasteiger partial charge is 0.406 e. The molecule has 0 bridgehead atoms. The minimum Gasteiger partial charge on any atom is -0.481 e. The molecule has 8 heteroatoms. The second-order valence-corrected chi connectivity index (χ2v) is 4.25. The van der Waals surface area contributed by atoms with E-state index in [1.54, 1.807) is 16.4 Å². The molecule has 0 spiro atoms. The Kier molecular flexibility index (Phi) is 2.93. The van der Waals surface area contributed by atoms with Crippen LogP contribution in [0, 0.1) is 23.0 Å². The van der Waals surface area contributed by atoms with Gasteiger partial charge in [-0.3, -0.25) is 9.36 Å². The molecule has 1 N–H and O–H groups in total. The van der Waals surface area contributed by atoms with Crippen LogP contribution in [0.15, 0.2) is 0 Å². The van der Waals surface area contributed by atoms with Crippen LogP contribution in [0.1, 0.15) is 12.7 Å². The van der Waals surface area contributed by atoms with Gasteiger partial charge >= 0.3 is 11.8 Å². The van der Waals surface area contributed by atoms with Gasteiger partial charge in [0.25, 0.3) is 0 Å². The fourth-order valence-corrected chi connectivity index (χ4v) is 2.16. The van der Waals surface area contributed by atoms with Crippen LogP contribution in [-0.4, -0.2) is 38.6 Å². The Labute approximate surface area is 103 Å². The van der Waals surface area contributed by atoms with E-state index < -0.39 is 16.8 Å². The van der Waals surface area contributed by atoms with E-state index >= 15 is 0 Å². The van der Waals surface area contributed by atoms with Crippen molar-refractivity contribution in [2.45, 2.75) is 20.4 Å². The average molecular weight is 254 g/mol. The van der Waals surface area contributed by atoms with Crippen LogP contribution < -0.4 is 4.90 Å². The molecule has 98 valence electrons.